The van der Waals surface area contributed by atoms with E-state index in [0.29, 0.717) is 0 Å². The van der Waals surface area contributed by atoms with Crippen LogP contribution < -0.4 is 0 Å². The van der Waals surface area contributed by atoms with Gasteiger partial charge in [0.05, 0.1) is 5.33 Å². The lowest BCUT2D eigenvalue weighted by Crippen LogP contribution is -1.79. The molecule has 0 heterocycles. The molecule has 1 aromatic carbocycles. The number of hydrogen-bond acceptors (Lipinski definition) is 0. The van der Waals surface area contributed by atoms with Crippen LogP contribution in [0, 0.1) is 11.8 Å². The lowest BCUT2D eigenvalue weighted by atomic mass is 10.1. The van der Waals surface area contributed by atoms with Crippen LogP contribution in [0.1, 0.15) is 11.1 Å². The first-order chi connectivity index (χ1) is 5.86. The van der Waals surface area contributed by atoms with Crippen molar-refractivity contribution in [2.75, 3.05) is 5.33 Å². The number of hydrogen-bond donors (Lipinski definition) is 0. The summed E-state index contributed by atoms with van der Waals surface area (Å²) in [7, 11) is 0. The molecule has 0 atom stereocenters. The molecule has 62 valence electrons. The third-order valence-corrected chi connectivity index (χ3v) is 2.31. The molecule has 0 aliphatic rings. The zero-order valence-electron chi connectivity index (χ0n) is 6.48. The minimum absolute atomic E-state index is 0.728. The summed E-state index contributed by atoms with van der Waals surface area (Å²) in [5.41, 5.74) is 2.34. The van der Waals surface area contributed by atoms with Crippen molar-refractivity contribution >= 4 is 31.9 Å². The maximum Gasteiger partial charge on any atom is 0.0649 e. The number of rotatable bonds is 1. The first-order valence-electron chi connectivity index (χ1n) is 3.56. The van der Waals surface area contributed by atoms with Crippen LogP contribution in [0.5, 0.6) is 0 Å². The van der Waals surface area contributed by atoms with E-state index < -0.39 is 0 Å². The van der Waals surface area contributed by atoms with Crippen LogP contribution in [0.25, 0.3) is 0 Å². The summed E-state index contributed by atoms with van der Waals surface area (Å²) in [6.45, 7) is 0. The molecule has 1 aromatic rings. The van der Waals surface area contributed by atoms with E-state index in [9.17, 15) is 0 Å². The average Bonchev–Trinajstić information content (AvgIpc) is 2.15. The molecule has 0 bridgehead atoms. The van der Waals surface area contributed by atoms with Gasteiger partial charge < -0.3 is 0 Å². The number of benzene rings is 1. The average molecular weight is 288 g/mol. The molecule has 0 aromatic heterocycles. The number of alkyl halides is 2. The smallest absolute Gasteiger partial charge is 0.0649 e. The van der Waals surface area contributed by atoms with Crippen molar-refractivity contribution in [3.05, 3.63) is 35.4 Å². The van der Waals surface area contributed by atoms with Crippen LogP contribution in [0.3, 0.4) is 0 Å². The number of halogens is 2. The van der Waals surface area contributed by atoms with Gasteiger partial charge in [-0.1, -0.05) is 55.8 Å². The molecule has 0 nitrogen and oxygen atoms in total. The van der Waals surface area contributed by atoms with Gasteiger partial charge in [-0.3, -0.25) is 0 Å². The van der Waals surface area contributed by atoms with Crippen LogP contribution in [-0.2, 0) is 5.33 Å². The largest absolute Gasteiger partial charge is 0.0876 e. The SMILES string of the molecule is BrCC#Cc1cccc(CBr)c1. The highest BCUT2D eigenvalue weighted by atomic mass is 79.9. The Bertz CT molecular complexity index is 307. The second kappa shape index (κ2) is 5.40. The Hall–Kier alpha value is -0.260. The van der Waals surface area contributed by atoms with E-state index in [1.165, 1.54) is 5.56 Å². The van der Waals surface area contributed by atoms with E-state index in [-0.39, 0.29) is 0 Å². The summed E-state index contributed by atoms with van der Waals surface area (Å²) in [6.07, 6.45) is 0. The fourth-order valence-corrected chi connectivity index (χ4v) is 1.36. The molecule has 0 saturated heterocycles. The molecule has 0 aliphatic heterocycles. The van der Waals surface area contributed by atoms with Crippen molar-refractivity contribution in [1.29, 1.82) is 0 Å². The Morgan fingerprint density at radius 3 is 2.75 bits per heavy atom. The van der Waals surface area contributed by atoms with Gasteiger partial charge in [-0.05, 0) is 17.7 Å². The van der Waals surface area contributed by atoms with E-state index in [4.69, 9.17) is 0 Å². The van der Waals surface area contributed by atoms with E-state index >= 15 is 0 Å². The van der Waals surface area contributed by atoms with Crippen molar-refractivity contribution in [2.45, 2.75) is 5.33 Å². The molecule has 0 unspecified atom stereocenters. The minimum Gasteiger partial charge on any atom is -0.0876 e. The zero-order valence-corrected chi connectivity index (χ0v) is 9.65. The summed E-state index contributed by atoms with van der Waals surface area (Å²) >= 11 is 6.66. The molecule has 2 heteroatoms. The standard InChI is InChI=1S/C10H8Br2/c11-6-2-5-9-3-1-4-10(7-9)8-12/h1,3-4,7H,6,8H2. The Morgan fingerprint density at radius 1 is 1.25 bits per heavy atom. The predicted molar refractivity (Wildman–Crippen MR) is 59.7 cm³/mol. The second-order valence-corrected chi connectivity index (χ2v) is 3.39. The Labute approximate surface area is 89.6 Å². The highest BCUT2D eigenvalue weighted by Crippen LogP contribution is 2.07. The first kappa shape index (κ1) is 9.83. The molecule has 0 aliphatic carbocycles. The molecule has 1 rings (SSSR count). The lowest BCUT2D eigenvalue weighted by molar-refractivity contribution is 1.42. The van der Waals surface area contributed by atoms with Gasteiger partial charge >= 0.3 is 0 Å². The van der Waals surface area contributed by atoms with Crippen LogP contribution in [-0.4, -0.2) is 5.33 Å². The van der Waals surface area contributed by atoms with Crippen LogP contribution >= 0.6 is 31.9 Å². The lowest BCUT2D eigenvalue weighted by Gasteiger charge is -1.94. The quantitative estimate of drug-likeness (QED) is 0.549. The van der Waals surface area contributed by atoms with E-state index in [1.54, 1.807) is 0 Å². The van der Waals surface area contributed by atoms with E-state index in [2.05, 4.69) is 55.8 Å². The molecule has 0 fully saturated rings. The van der Waals surface area contributed by atoms with Crippen molar-refractivity contribution in [3.8, 4) is 11.8 Å². The monoisotopic (exact) mass is 286 g/mol. The Morgan fingerprint density at radius 2 is 2.08 bits per heavy atom. The highest BCUT2D eigenvalue weighted by molar-refractivity contribution is 9.09. The van der Waals surface area contributed by atoms with E-state index in [1.807, 2.05) is 12.1 Å². The first-order valence-corrected chi connectivity index (χ1v) is 5.81. The Balaban J connectivity index is 2.86. The van der Waals surface area contributed by atoms with Gasteiger partial charge in [0.2, 0.25) is 0 Å². The fourth-order valence-electron chi connectivity index (χ4n) is 0.868. The van der Waals surface area contributed by atoms with Gasteiger partial charge in [0.15, 0.2) is 0 Å². The summed E-state index contributed by atoms with van der Waals surface area (Å²) in [5.74, 6) is 6.02. The van der Waals surface area contributed by atoms with Gasteiger partial charge in [0.25, 0.3) is 0 Å². The van der Waals surface area contributed by atoms with Crippen molar-refractivity contribution in [1.82, 2.24) is 0 Å². The van der Waals surface area contributed by atoms with E-state index in [0.717, 1.165) is 16.2 Å². The van der Waals surface area contributed by atoms with Crippen molar-refractivity contribution in [2.24, 2.45) is 0 Å². The van der Waals surface area contributed by atoms with Crippen LogP contribution in [0.2, 0.25) is 0 Å². The predicted octanol–water partition coefficient (Wildman–Crippen LogP) is 3.33. The van der Waals surface area contributed by atoms with Gasteiger partial charge in [-0.2, -0.15) is 0 Å². The van der Waals surface area contributed by atoms with Gasteiger partial charge in [0, 0.05) is 10.9 Å². The molecular weight excluding hydrogens is 280 g/mol. The minimum atomic E-state index is 0.728. The summed E-state index contributed by atoms with van der Waals surface area (Å²) < 4.78 is 0. The molecule has 0 radical (unpaired) electrons. The summed E-state index contributed by atoms with van der Waals surface area (Å²) in [5, 5.41) is 1.61. The molecule has 0 spiro atoms. The fraction of sp³-hybridized carbons (Fsp3) is 0.200. The van der Waals surface area contributed by atoms with Crippen molar-refractivity contribution < 1.29 is 0 Å². The Kier molecular flexibility index (Phi) is 4.42. The van der Waals surface area contributed by atoms with Gasteiger partial charge in [-0.15, -0.1) is 0 Å². The highest BCUT2D eigenvalue weighted by Gasteiger charge is 1.89. The zero-order chi connectivity index (χ0) is 8.81. The molecular formula is C10H8Br2. The van der Waals surface area contributed by atoms with Crippen LogP contribution in [0.15, 0.2) is 24.3 Å². The summed E-state index contributed by atoms with van der Waals surface area (Å²) in [6, 6.07) is 8.20. The maximum absolute atomic E-state index is 3.40. The van der Waals surface area contributed by atoms with Gasteiger partial charge in [-0.25, -0.2) is 0 Å². The second-order valence-electron chi connectivity index (χ2n) is 2.27. The topological polar surface area (TPSA) is 0 Å². The molecule has 0 N–H and O–H groups in total. The normalized spacial score (nSPS) is 8.83. The third-order valence-electron chi connectivity index (χ3n) is 1.38. The van der Waals surface area contributed by atoms with Crippen molar-refractivity contribution in [3.63, 3.8) is 0 Å². The third kappa shape index (κ3) is 3.00. The maximum atomic E-state index is 3.40. The van der Waals surface area contributed by atoms with Gasteiger partial charge in [0.1, 0.15) is 0 Å². The molecule has 0 saturated carbocycles. The molecule has 0 amide bonds. The molecule has 12 heavy (non-hydrogen) atoms. The van der Waals surface area contributed by atoms with Crippen LogP contribution in [0.4, 0.5) is 0 Å². The summed E-state index contributed by atoms with van der Waals surface area (Å²) in [4.78, 5) is 0.